The van der Waals surface area contributed by atoms with Gasteiger partial charge >= 0.3 is 12.4 Å². The van der Waals surface area contributed by atoms with E-state index in [1.807, 2.05) is 4.72 Å². The van der Waals surface area contributed by atoms with Crippen LogP contribution in [0.1, 0.15) is 38.2 Å². The number of hydrogen-bond donors (Lipinski definition) is 1. The number of halogens is 6. The van der Waals surface area contributed by atoms with Gasteiger partial charge in [-0.2, -0.15) is 26.3 Å². The Bertz CT molecular complexity index is 2010. The monoisotopic (exact) mass is 695 g/mol. The number of amides is 2. The van der Waals surface area contributed by atoms with Crippen LogP contribution in [0.4, 0.5) is 32.0 Å². The Kier molecular flexibility index (Phi) is 9.32. The molecule has 0 radical (unpaired) electrons. The Labute approximate surface area is 270 Å². The molecule has 4 aromatic rings. The second kappa shape index (κ2) is 13.0. The molecule has 0 spiro atoms. The first-order chi connectivity index (χ1) is 22.4. The van der Waals surface area contributed by atoms with E-state index in [1.165, 1.54) is 36.5 Å². The van der Waals surface area contributed by atoms with Crippen LogP contribution in [0.25, 0.3) is 10.9 Å². The standard InChI is InChI=1S/C32H27F6N3O6S/c1-18-6-3-4-7-21(18)13-25(42)40-48(44,45)15-20-9-10-24(19(2)12-20)41-14-23-26(30(41)43)28(46-16-31(33,34)35)22-8-5-11-39-27(22)29(23)47-17-32(36,37)38/h3-12H,13-17H2,1-2H3,(H,40,42). The molecule has 0 saturated carbocycles. The van der Waals surface area contributed by atoms with Gasteiger partial charge in [0.15, 0.2) is 19.0 Å². The summed E-state index contributed by atoms with van der Waals surface area (Å²) in [5.74, 6) is -3.15. The number of aryl methyl sites for hydroxylation is 2. The number of anilines is 1. The topological polar surface area (TPSA) is 115 Å². The number of rotatable bonds is 10. The third-order valence-electron chi connectivity index (χ3n) is 7.40. The molecule has 1 N–H and O–H groups in total. The maximum absolute atomic E-state index is 13.8. The van der Waals surface area contributed by atoms with Crippen molar-refractivity contribution in [1.82, 2.24) is 9.71 Å². The highest BCUT2D eigenvalue weighted by atomic mass is 32.2. The summed E-state index contributed by atoms with van der Waals surface area (Å²) < 4.78 is 117. The van der Waals surface area contributed by atoms with Crippen molar-refractivity contribution < 1.29 is 53.8 Å². The maximum Gasteiger partial charge on any atom is 0.422 e. The summed E-state index contributed by atoms with van der Waals surface area (Å²) in [6, 6.07) is 13.8. The second-order valence-corrected chi connectivity index (χ2v) is 12.8. The molecule has 2 amide bonds. The first-order valence-electron chi connectivity index (χ1n) is 14.2. The van der Waals surface area contributed by atoms with E-state index in [4.69, 9.17) is 9.47 Å². The van der Waals surface area contributed by atoms with Crippen LogP contribution in [0.2, 0.25) is 0 Å². The molecule has 9 nitrogen and oxygen atoms in total. The molecule has 0 unspecified atom stereocenters. The highest BCUT2D eigenvalue weighted by Crippen LogP contribution is 2.46. The summed E-state index contributed by atoms with van der Waals surface area (Å²) in [5, 5.41) is -0.158. The van der Waals surface area contributed by atoms with E-state index in [0.29, 0.717) is 11.1 Å². The van der Waals surface area contributed by atoms with Gasteiger partial charge in [-0.1, -0.05) is 36.4 Å². The van der Waals surface area contributed by atoms with Crippen LogP contribution in [-0.4, -0.2) is 50.8 Å². The molecule has 5 rings (SSSR count). The van der Waals surface area contributed by atoms with E-state index in [0.717, 1.165) is 10.5 Å². The number of benzene rings is 3. The second-order valence-electron chi connectivity index (χ2n) is 11.1. The molecule has 48 heavy (non-hydrogen) atoms. The number of ether oxygens (including phenoxy) is 2. The number of alkyl halides is 6. The zero-order valence-electron chi connectivity index (χ0n) is 25.3. The van der Waals surface area contributed by atoms with Crippen molar-refractivity contribution in [3.05, 3.63) is 94.2 Å². The van der Waals surface area contributed by atoms with Crippen molar-refractivity contribution in [2.75, 3.05) is 18.1 Å². The van der Waals surface area contributed by atoms with Crippen LogP contribution in [0.15, 0.2) is 60.8 Å². The number of nitrogens with zero attached hydrogens (tertiary/aromatic N) is 2. The van der Waals surface area contributed by atoms with E-state index < -0.39 is 76.8 Å². The van der Waals surface area contributed by atoms with E-state index in [1.54, 1.807) is 38.1 Å². The quantitative estimate of drug-likeness (QED) is 0.200. The zero-order chi connectivity index (χ0) is 35.0. The van der Waals surface area contributed by atoms with Crippen molar-refractivity contribution in [3.8, 4) is 11.5 Å². The van der Waals surface area contributed by atoms with E-state index in [9.17, 15) is 44.3 Å². The number of fused-ring (bicyclic) bond motifs is 2. The number of carbonyl (C=O) groups is 2. The van der Waals surface area contributed by atoms with Crippen molar-refractivity contribution in [3.63, 3.8) is 0 Å². The van der Waals surface area contributed by atoms with E-state index in [2.05, 4.69) is 4.98 Å². The molecule has 1 aliphatic rings. The van der Waals surface area contributed by atoms with Gasteiger partial charge in [0, 0.05) is 22.8 Å². The lowest BCUT2D eigenvalue weighted by molar-refractivity contribution is -0.154. The van der Waals surface area contributed by atoms with Crippen LogP contribution >= 0.6 is 0 Å². The van der Waals surface area contributed by atoms with Gasteiger partial charge in [-0.05, 0) is 54.3 Å². The largest absolute Gasteiger partial charge is 0.483 e. The molecular weight excluding hydrogens is 668 g/mol. The fourth-order valence-corrected chi connectivity index (χ4v) is 6.51. The predicted molar refractivity (Wildman–Crippen MR) is 162 cm³/mol. The average Bonchev–Trinajstić information content (AvgIpc) is 3.30. The lowest BCUT2D eigenvalue weighted by Gasteiger charge is -2.19. The molecule has 254 valence electrons. The molecule has 0 saturated heterocycles. The van der Waals surface area contributed by atoms with Crippen LogP contribution in [0, 0.1) is 13.8 Å². The summed E-state index contributed by atoms with van der Waals surface area (Å²) in [7, 11) is -4.14. The highest BCUT2D eigenvalue weighted by Gasteiger charge is 2.40. The molecule has 3 aromatic carbocycles. The summed E-state index contributed by atoms with van der Waals surface area (Å²) in [6.07, 6.45) is -8.54. The first kappa shape index (κ1) is 34.5. The molecule has 1 aromatic heterocycles. The number of sulfonamides is 1. The number of pyridine rings is 1. The Morgan fingerprint density at radius 2 is 1.58 bits per heavy atom. The van der Waals surface area contributed by atoms with Crippen molar-refractivity contribution in [1.29, 1.82) is 0 Å². The normalized spacial score (nSPS) is 13.5. The zero-order valence-corrected chi connectivity index (χ0v) is 26.1. The van der Waals surface area contributed by atoms with Crippen LogP contribution in [0.3, 0.4) is 0 Å². The minimum absolute atomic E-state index is 0.157. The molecule has 2 heterocycles. The van der Waals surface area contributed by atoms with Gasteiger partial charge in [-0.25, -0.2) is 8.42 Å². The summed E-state index contributed by atoms with van der Waals surface area (Å²) in [5.41, 5.74) is 1.47. The minimum Gasteiger partial charge on any atom is -0.483 e. The Balaban J connectivity index is 1.45. The van der Waals surface area contributed by atoms with Gasteiger partial charge in [0.25, 0.3) is 5.91 Å². The van der Waals surface area contributed by atoms with Crippen molar-refractivity contribution in [2.45, 2.75) is 44.9 Å². The van der Waals surface area contributed by atoms with Crippen LogP contribution < -0.4 is 19.1 Å². The van der Waals surface area contributed by atoms with Crippen LogP contribution in [0.5, 0.6) is 11.5 Å². The lowest BCUT2D eigenvalue weighted by Crippen LogP contribution is -2.33. The van der Waals surface area contributed by atoms with Gasteiger partial charge < -0.3 is 14.4 Å². The van der Waals surface area contributed by atoms with Crippen molar-refractivity contribution >= 4 is 38.4 Å². The molecule has 16 heteroatoms. The van der Waals surface area contributed by atoms with E-state index in [-0.39, 0.29) is 34.1 Å². The van der Waals surface area contributed by atoms with Gasteiger partial charge in [0.1, 0.15) is 11.3 Å². The SMILES string of the molecule is Cc1ccccc1CC(=O)NS(=O)(=O)Cc1ccc(N2Cc3c(c(OCC(F)(F)F)c4cccnc4c3OCC(F)(F)F)C2=O)c(C)c1. The highest BCUT2D eigenvalue weighted by molar-refractivity contribution is 7.89. The first-order valence-corrected chi connectivity index (χ1v) is 15.9. The Hall–Kier alpha value is -4.86. The Morgan fingerprint density at radius 1 is 0.917 bits per heavy atom. The van der Waals surface area contributed by atoms with E-state index >= 15 is 0 Å². The Morgan fingerprint density at radius 3 is 2.23 bits per heavy atom. The van der Waals surface area contributed by atoms with Gasteiger partial charge in [0.05, 0.1) is 24.3 Å². The number of carbonyl (C=O) groups excluding carboxylic acids is 2. The smallest absolute Gasteiger partial charge is 0.422 e. The molecule has 1 aliphatic heterocycles. The third kappa shape index (κ3) is 7.81. The maximum atomic E-state index is 13.8. The predicted octanol–water partition coefficient (Wildman–Crippen LogP) is 6.08. The van der Waals surface area contributed by atoms with Crippen molar-refractivity contribution in [2.24, 2.45) is 0 Å². The number of hydrogen-bond acceptors (Lipinski definition) is 7. The number of nitrogens with one attached hydrogen (secondary N) is 1. The van der Waals surface area contributed by atoms with Gasteiger partial charge in [0.2, 0.25) is 15.9 Å². The average molecular weight is 696 g/mol. The summed E-state index contributed by atoms with van der Waals surface area (Å²) in [4.78, 5) is 31.4. The molecule has 0 fully saturated rings. The summed E-state index contributed by atoms with van der Waals surface area (Å²) >= 11 is 0. The fraction of sp³-hybridized carbons (Fsp3) is 0.281. The summed E-state index contributed by atoms with van der Waals surface area (Å²) in [6.45, 7) is -0.631. The van der Waals surface area contributed by atoms with Crippen LogP contribution in [-0.2, 0) is 33.5 Å². The third-order valence-corrected chi connectivity index (χ3v) is 8.65. The molecule has 0 atom stereocenters. The lowest BCUT2D eigenvalue weighted by atomic mass is 10.0. The minimum atomic E-state index is -4.80. The molecule has 0 aliphatic carbocycles. The fourth-order valence-electron chi connectivity index (χ4n) is 5.40. The number of aromatic nitrogens is 1. The molecule has 0 bridgehead atoms. The molecular formula is C32H27F6N3O6S. The van der Waals surface area contributed by atoms with Gasteiger partial charge in [-0.3, -0.25) is 19.3 Å². The van der Waals surface area contributed by atoms with Gasteiger partial charge in [-0.15, -0.1) is 0 Å².